The summed E-state index contributed by atoms with van der Waals surface area (Å²) >= 11 is 0. The van der Waals surface area contributed by atoms with Gasteiger partial charge in [-0.05, 0) is 23.6 Å². The number of H-pyrrole nitrogens is 1. The number of carbonyl (C=O) groups is 1. The molecule has 0 saturated carbocycles. The molecule has 0 spiro atoms. The van der Waals surface area contributed by atoms with Crippen molar-refractivity contribution in [3.63, 3.8) is 0 Å². The normalized spacial score (nSPS) is 12.3. The SMILES string of the molecule is CC(C)C(C#N)C(=O)NCc1ccc2nc[nH]c2c1. The van der Waals surface area contributed by atoms with E-state index in [2.05, 4.69) is 15.3 Å². The molecule has 2 aromatic rings. The number of nitrogens with one attached hydrogen (secondary N) is 2. The van der Waals surface area contributed by atoms with E-state index >= 15 is 0 Å². The molecule has 1 amide bonds. The van der Waals surface area contributed by atoms with E-state index in [1.165, 1.54) is 0 Å². The molecule has 0 aliphatic heterocycles. The Kier molecular flexibility index (Phi) is 3.81. The van der Waals surface area contributed by atoms with Gasteiger partial charge < -0.3 is 10.3 Å². The second kappa shape index (κ2) is 5.53. The first-order valence-corrected chi connectivity index (χ1v) is 6.21. The molecule has 0 fully saturated rings. The molecule has 1 heterocycles. The lowest BCUT2D eigenvalue weighted by Gasteiger charge is -2.13. The summed E-state index contributed by atoms with van der Waals surface area (Å²) in [7, 11) is 0. The fourth-order valence-corrected chi connectivity index (χ4v) is 1.90. The maximum absolute atomic E-state index is 11.8. The summed E-state index contributed by atoms with van der Waals surface area (Å²) in [6.07, 6.45) is 1.64. The van der Waals surface area contributed by atoms with Crippen molar-refractivity contribution in [2.24, 2.45) is 11.8 Å². The second-order valence-electron chi connectivity index (χ2n) is 4.82. The predicted octanol–water partition coefficient (Wildman–Crippen LogP) is 1.97. The number of hydrogen-bond acceptors (Lipinski definition) is 3. The van der Waals surface area contributed by atoms with Crippen LogP contribution < -0.4 is 5.32 Å². The van der Waals surface area contributed by atoms with Gasteiger partial charge in [0.05, 0.1) is 23.4 Å². The van der Waals surface area contributed by atoms with Crippen molar-refractivity contribution in [2.45, 2.75) is 20.4 Å². The number of nitrogens with zero attached hydrogens (tertiary/aromatic N) is 2. The molecule has 2 N–H and O–H groups in total. The molecule has 5 nitrogen and oxygen atoms in total. The quantitative estimate of drug-likeness (QED) is 0.877. The fourth-order valence-electron chi connectivity index (χ4n) is 1.90. The monoisotopic (exact) mass is 256 g/mol. The lowest BCUT2D eigenvalue weighted by atomic mass is 9.96. The minimum absolute atomic E-state index is 0.0140. The van der Waals surface area contributed by atoms with Crippen molar-refractivity contribution < 1.29 is 4.79 Å². The number of carbonyl (C=O) groups excluding carboxylic acids is 1. The highest BCUT2D eigenvalue weighted by Crippen LogP contribution is 2.13. The van der Waals surface area contributed by atoms with E-state index < -0.39 is 5.92 Å². The summed E-state index contributed by atoms with van der Waals surface area (Å²) in [6, 6.07) is 7.80. The third-order valence-electron chi connectivity index (χ3n) is 3.04. The van der Waals surface area contributed by atoms with Crippen LogP contribution in [0.5, 0.6) is 0 Å². The van der Waals surface area contributed by atoms with Crippen LogP contribution in [-0.2, 0) is 11.3 Å². The fraction of sp³-hybridized carbons (Fsp3) is 0.357. The third kappa shape index (κ3) is 2.91. The number of fused-ring (bicyclic) bond motifs is 1. The van der Waals surface area contributed by atoms with Crippen LogP contribution in [0.15, 0.2) is 24.5 Å². The number of nitriles is 1. The summed E-state index contributed by atoms with van der Waals surface area (Å²) in [4.78, 5) is 19.0. The second-order valence-corrected chi connectivity index (χ2v) is 4.82. The van der Waals surface area contributed by atoms with Crippen LogP contribution in [0.4, 0.5) is 0 Å². The number of aromatic amines is 1. The van der Waals surface area contributed by atoms with Gasteiger partial charge in [-0.15, -0.1) is 0 Å². The maximum Gasteiger partial charge on any atom is 0.237 e. The van der Waals surface area contributed by atoms with E-state index in [1.54, 1.807) is 6.33 Å². The highest BCUT2D eigenvalue weighted by atomic mass is 16.1. The maximum atomic E-state index is 11.8. The number of imidazole rings is 1. The Morgan fingerprint density at radius 1 is 1.53 bits per heavy atom. The molecule has 0 bridgehead atoms. The first-order chi connectivity index (χ1) is 9.11. The number of aromatic nitrogens is 2. The third-order valence-corrected chi connectivity index (χ3v) is 3.04. The minimum Gasteiger partial charge on any atom is -0.351 e. The Morgan fingerprint density at radius 2 is 2.32 bits per heavy atom. The lowest BCUT2D eigenvalue weighted by molar-refractivity contribution is -0.124. The molecule has 19 heavy (non-hydrogen) atoms. The summed E-state index contributed by atoms with van der Waals surface area (Å²) in [5, 5.41) is 11.7. The average Bonchev–Trinajstić information content (AvgIpc) is 2.84. The number of amides is 1. The molecule has 1 unspecified atom stereocenters. The Labute approximate surface area is 111 Å². The standard InChI is InChI=1S/C14H16N4O/c1-9(2)11(6-15)14(19)16-7-10-3-4-12-13(5-10)18-8-17-12/h3-5,8-9,11H,7H2,1-2H3,(H,16,19)(H,17,18). The topological polar surface area (TPSA) is 81.6 Å². The van der Waals surface area contributed by atoms with Gasteiger partial charge in [-0.25, -0.2) is 4.98 Å². The van der Waals surface area contributed by atoms with Gasteiger partial charge in [0, 0.05) is 6.54 Å². The van der Waals surface area contributed by atoms with E-state index in [9.17, 15) is 4.79 Å². The number of hydrogen-bond donors (Lipinski definition) is 2. The van der Waals surface area contributed by atoms with Crippen LogP contribution in [0.25, 0.3) is 11.0 Å². The highest BCUT2D eigenvalue weighted by Gasteiger charge is 2.21. The van der Waals surface area contributed by atoms with E-state index in [4.69, 9.17) is 5.26 Å². The molecule has 98 valence electrons. The van der Waals surface area contributed by atoms with Gasteiger partial charge in [0.15, 0.2) is 0 Å². The molecule has 0 aliphatic carbocycles. The molecule has 1 aromatic carbocycles. The van der Waals surface area contributed by atoms with Crippen LogP contribution in [0, 0.1) is 23.2 Å². The molecule has 1 atom stereocenters. The zero-order valence-electron chi connectivity index (χ0n) is 11.0. The van der Waals surface area contributed by atoms with Crippen molar-refractivity contribution in [2.75, 3.05) is 0 Å². The van der Waals surface area contributed by atoms with Crippen molar-refractivity contribution in [1.29, 1.82) is 5.26 Å². The zero-order valence-corrected chi connectivity index (χ0v) is 11.0. The molecule has 2 rings (SSSR count). The molecule has 1 aromatic heterocycles. The van der Waals surface area contributed by atoms with Crippen molar-refractivity contribution in [1.82, 2.24) is 15.3 Å². The van der Waals surface area contributed by atoms with Crippen LogP contribution >= 0.6 is 0 Å². The van der Waals surface area contributed by atoms with Gasteiger partial charge in [-0.1, -0.05) is 19.9 Å². The Hall–Kier alpha value is -2.35. The van der Waals surface area contributed by atoms with Crippen LogP contribution in [0.2, 0.25) is 0 Å². The van der Waals surface area contributed by atoms with Crippen molar-refractivity contribution in [3.8, 4) is 6.07 Å². The molecule has 0 saturated heterocycles. The van der Waals surface area contributed by atoms with Crippen molar-refractivity contribution in [3.05, 3.63) is 30.1 Å². The number of rotatable bonds is 4. The summed E-state index contributed by atoms with van der Waals surface area (Å²) in [5.41, 5.74) is 2.81. The lowest BCUT2D eigenvalue weighted by Crippen LogP contribution is -2.32. The number of benzene rings is 1. The van der Waals surface area contributed by atoms with E-state index in [0.29, 0.717) is 6.54 Å². The van der Waals surface area contributed by atoms with Gasteiger partial charge in [0.25, 0.3) is 0 Å². The van der Waals surface area contributed by atoms with Crippen LogP contribution in [0.1, 0.15) is 19.4 Å². The average molecular weight is 256 g/mol. The van der Waals surface area contributed by atoms with E-state index in [0.717, 1.165) is 16.6 Å². The first kappa shape index (κ1) is 13.1. The molecule has 0 aliphatic rings. The molecule has 5 heteroatoms. The summed E-state index contributed by atoms with van der Waals surface area (Å²) in [5.74, 6) is -0.807. The Balaban J connectivity index is 2.02. The van der Waals surface area contributed by atoms with Gasteiger partial charge in [0.1, 0.15) is 5.92 Å². The highest BCUT2D eigenvalue weighted by molar-refractivity contribution is 5.81. The van der Waals surface area contributed by atoms with Crippen molar-refractivity contribution >= 4 is 16.9 Å². The van der Waals surface area contributed by atoms with Gasteiger partial charge >= 0.3 is 0 Å². The summed E-state index contributed by atoms with van der Waals surface area (Å²) in [6.45, 7) is 4.15. The first-order valence-electron chi connectivity index (χ1n) is 6.21. The zero-order chi connectivity index (χ0) is 13.8. The Bertz CT molecular complexity index is 624. The molecular formula is C14H16N4O. The van der Waals surface area contributed by atoms with Crippen LogP contribution in [-0.4, -0.2) is 15.9 Å². The van der Waals surface area contributed by atoms with Gasteiger partial charge in [-0.2, -0.15) is 5.26 Å². The minimum atomic E-state index is -0.601. The summed E-state index contributed by atoms with van der Waals surface area (Å²) < 4.78 is 0. The predicted molar refractivity (Wildman–Crippen MR) is 71.9 cm³/mol. The Morgan fingerprint density at radius 3 is 3.00 bits per heavy atom. The molecule has 0 radical (unpaired) electrons. The van der Waals surface area contributed by atoms with E-state index in [-0.39, 0.29) is 11.8 Å². The molecular weight excluding hydrogens is 240 g/mol. The largest absolute Gasteiger partial charge is 0.351 e. The van der Waals surface area contributed by atoms with Crippen LogP contribution in [0.3, 0.4) is 0 Å². The van der Waals surface area contributed by atoms with Gasteiger partial charge in [-0.3, -0.25) is 4.79 Å². The van der Waals surface area contributed by atoms with E-state index in [1.807, 2.05) is 38.1 Å². The van der Waals surface area contributed by atoms with Gasteiger partial charge in [0.2, 0.25) is 5.91 Å². The smallest absolute Gasteiger partial charge is 0.237 e.